The van der Waals surface area contributed by atoms with E-state index in [9.17, 15) is 19.2 Å². The Bertz CT molecular complexity index is 1270. The van der Waals surface area contributed by atoms with Gasteiger partial charge in [-0.05, 0) is 103 Å². The molecule has 0 spiro atoms. The first-order chi connectivity index (χ1) is 20.7. The van der Waals surface area contributed by atoms with Gasteiger partial charge in [-0.25, -0.2) is 9.59 Å². The predicted octanol–water partition coefficient (Wildman–Crippen LogP) is 6.53. The van der Waals surface area contributed by atoms with Gasteiger partial charge in [0.2, 0.25) is 11.8 Å². The summed E-state index contributed by atoms with van der Waals surface area (Å²) in [6, 6.07) is 13.8. The largest absolute Gasteiger partial charge is 0.444 e. The number of benzene rings is 2. The summed E-state index contributed by atoms with van der Waals surface area (Å²) in [6.07, 6.45) is 5.67. The second-order valence-electron chi connectivity index (χ2n) is 13.2. The molecule has 44 heavy (non-hydrogen) atoms. The van der Waals surface area contributed by atoms with Gasteiger partial charge in [0.1, 0.15) is 23.3 Å². The van der Waals surface area contributed by atoms with Crippen molar-refractivity contribution in [3.8, 4) is 0 Å². The van der Waals surface area contributed by atoms with Gasteiger partial charge in [-0.1, -0.05) is 36.4 Å². The Balaban J connectivity index is 1.29. The molecular weight excluding hydrogens is 560 g/mol. The molecule has 2 unspecified atom stereocenters. The number of ether oxygens (including phenoxy) is 2. The molecule has 2 N–H and O–H groups in total. The maximum absolute atomic E-state index is 12.9. The van der Waals surface area contributed by atoms with Gasteiger partial charge in [-0.15, -0.1) is 0 Å². The lowest BCUT2D eigenvalue weighted by Gasteiger charge is -2.28. The Morgan fingerprint density at radius 2 is 0.977 bits per heavy atom. The van der Waals surface area contributed by atoms with Crippen molar-refractivity contribution in [2.24, 2.45) is 0 Å². The van der Waals surface area contributed by atoms with Crippen LogP contribution in [-0.2, 0) is 19.1 Å². The number of hydrogen-bond donors (Lipinski definition) is 2. The third-order valence-corrected chi connectivity index (χ3v) is 7.19. The molecule has 4 amide bonds. The van der Waals surface area contributed by atoms with E-state index in [1.165, 1.54) is 9.80 Å². The van der Waals surface area contributed by atoms with Crippen LogP contribution in [0.1, 0.15) is 78.4 Å². The van der Waals surface area contributed by atoms with Crippen molar-refractivity contribution < 1.29 is 28.7 Å². The molecule has 0 aromatic heterocycles. The van der Waals surface area contributed by atoms with Crippen molar-refractivity contribution in [1.29, 1.82) is 0 Å². The van der Waals surface area contributed by atoms with Crippen LogP contribution in [0.15, 0.2) is 48.5 Å². The summed E-state index contributed by atoms with van der Waals surface area (Å²) >= 11 is 0. The Morgan fingerprint density at radius 3 is 1.30 bits per heavy atom. The van der Waals surface area contributed by atoms with Gasteiger partial charge in [0.25, 0.3) is 0 Å². The van der Waals surface area contributed by atoms with Gasteiger partial charge in [0, 0.05) is 24.5 Å². The predicted molar refractivity (Wildman–Crippen MR) is 171 cm³/mol. The second kappa shape index (κ2) is 13.5. The zero-order valence-corrected chi connectivity index (χ0v) is 26.5. The number of nitrogens with zero attached hydrogens (tertiary/aromatic N) is 2. The van der Waals surface area contributed by atoms with Gasteiger partial charge < -0.3 is 20.1 Å². The van der Waals surface area contributed by atoms with E-state index in [2.05, 4.69) is 10.6 Å². The number of hydrogen-bond acceptors (Lipinski definition) is 6. The van der Waals surface area contributed by atoms with Gasteiger partial charge >= 0.3 is 12.2 Å². The Hall–Kier alpha value is -4.34. The average molecular weight is 605 g/mol. The molecule has 2 aromatic carbocycles. The van der Waals surface area contributed by atoms with Gasteiger partial charge in [-0.2, -0.15) is 0 Å². The van der Waals surface area contributed by atoms with E-state index < -0.39 is 35.5 Å². The summed E-state index contributed by atoms with van der Waals surface area (Å²) in [5.74, 6) is -0.455. The van der Waals surface area contributed by atoms with Crippen molar-refractivity contribution in [3.05, 3.63) is 59.7 Å². The van der Waals surface area contributed by atoms with Gasteiger partial charge in [-0.3, -0.25) is 19.4 Å². The highest BCUT2D eigenvalue weighted by Crippen LogP contribution is 2.24. The topological polar surface area (TPSA) is 117 Å². The smallest absolute Gasteiger partial charge is 0.410 e. The van der Waals surface area contributed by atoms with Crippen LogP contribution in [-0.4, -0.2) is 70.2 Å². The van der Waals surface area contributed by atoms with E-state index in [0.29, 0.717) is 37.3 Å². The van der Waals surface area contributed by atoms with Crippen molar-refractivity contribution in [1.82, 2.24) is 9.80 Å². The normalized spacial score (nSPS) is 18.8. The van der Waals surface area contributed by atoms with E-state index in [1.54, 1.807) is 0 Å². The summed E-state index contributed by atoms with van der Waals surface area (Å²) in [7, 11) is 0. The molecule has 0 saturated carbocycles. The molecule has 2 saturated heterocycles. The minimum Gasteiger partial charge on any atom is -0.444 e. The Labute approximate surface area is 259 Å². The lowest BCUT2D eigenvalue weighted by atomic mass is 10.1. The van der Waals surface area contributed by atoms with E-state index in [1.807, 2.05) is 102 Å². The van der Waals surface area contributed by atoms with Crippen LogP contribution < -0.4 is 10.6 Å². The standard InChI is InChI=1S/C34H44N4O6/c1-33(2,3)43-31(41)37-21-7-9-27(37)29(39)35-25-17-13-23(14-18-25)11-12-24-15-19-26(20-16-24)36-30(40)28-10-8-22-38(28)32(42)44-34(4,5)6/h11-20,27-28H,7-10,21-22H2,1-6H3,(H,35,39)(H,36,40). The molecule has 2 heterocycles. The van der Waals surface area contributed by atoms with E-state index in [4.69, 9.17) is 9.47 Å². The molecule has 2 aliphatic rings. The fourth-order valence-electron chi connectivity index (χ4n) is 5.16. The lowest BCUT2D eigenvalue weighted by molar-refractivity contribution is -0.121. The summed E-state index contributed by atoms with van der Waals surface area (Å²) in [4.78, 5) is 53.9. The molecule has 0 bridgehead atoms. The molecule has 2 fully saturated rings. The molecule has 2 aliphatic heterocycles. The molecule has 4 rings (SSSR count). The highest BCUT2D eigenvalue weighted by atomic mass is 16.6. The Kier molecular flexibility index (Phi) is 10.0. The van der Waals surface area contributed by atoms with Crippen molar-refractivity contribution in [3.63, 3.8) is 0 Å². The van der Waals surface area contributed by atoms with Crippen LogP contribution in [0, 0.1) is 0 Å². The third-order valence-electron chi connectivity index (χ3n) is 7.19. The SMILES string of the molecule is CC(C)(C)OC(=O)N1CCCC1C(=O)Nc1ccc(C=Cc2ccc(NC(=O)C3CCCN3C(=O)OC(C)(C)C)cc2)cc1. The first kappa shape index (κ1) is 32.6. The monoisotopic (exact) mass is 604 g/mol. The molecule has 0 aliphatic carbocycles. The molecule has 10 nitrogen and oxygen atoms in total. The molecule has 2 atom stereocenters. The van der Waals surface area contributed by atoms with Crippen LogP contribution in [0.3, 0.4) is 0 Å². The first-order valence-corrected chi connectivity index (χ1v) is 15.2. The minimum atomic E-state index is -0.621. The highest BCUT2D eigenvalue weighted by Gasteiger charge is 2.37. The maximum Gasteiger partial charge on any atom is 0.410 e. The highest BCUT2D eigenvalue weighted by molar-refractivity contribution is 5.97. The van der Waals surface area contributed by atoms with Crippen LogP contribution in [0.25, 0.3) is 12.2 Å². The van der Waals surface area contributed by atoms with Crippen LogP contribution in [0.4, 0.5) is 21.0 Å². The maximum atomic E-state index is 12.9. The molecule has 0 radical (unpaired) electrons. The van der Waals surface area contributed by atoms with Crippen LogP contribution >= 0.6 is 0 Å². The van der Waals surface area contributed by atoms with Crippen LogP contribution in [0.2, 0.25) is 0 Å². The average Bonchev–Trinajstić information content (AvgIpc) is 3.62. The lowest BCUT2D eigenvalue weighted by Crippen LogP contribution is -2.45. The quantitative estimate of drug-likeness (QED) is 0.362. The zero-order chi connectivity index (χ0) is 32.1. The summed E-state index contributed by atoms with van der Waals surface area (Å²) < 4.78 is 10.9. The van der Waals surface area contributed by atoms with E-state index in [-0.39, 0.29) is 11.8 Å². The van der Waals surface area contributed by atoms with Crippen molar-refractivity contribution in [2.75, 3.05) is 23.7 Å². The number of anilines is 2. The summed E-state index contributed by atoms with van der Waals surface area (Å²) in [6.45, 7) is 11.8. The number of carbonyl (C=O) groups excluding carboxylic acids is 4. The molecular formula is C34H44N4O6. The molecule has 2 aromatic rings. The van der Waals surface area contributed by atoms with Gasteiger partial charge in [0.15, 0.2) is 0 Å². The number of nitrogens with one attached hydrogen (secondary N) is 2. The fraction of sp³-hybridized carbons (Fsp3) is 0.471. The zero-order valence-electron chi connectivity index (χ0n) is 26.5. The molecule has 10 heteroatoms. The minimum absolute atomic E-state index is 0.227. The fourth-order valence-corrected chi connectivity index (χ4v) is 5.16. The Morgan fingerprint density at radius 1 is 0.636 bits per heavy atom. The second-order valence-corrected chi connectivity index (χ2v) is 13.2. The van der Waals surface area contributed by atoms with E-state index >= 15 is 0 Å². The summed E-state index contributed by atoms with van der Waals surface area (Å²) in [5.41, 5.74) is 1.95. The first-order valence-electron chi connectivity index (χ1n) is 15.2. The van der Waals surface area contributed by atoms with Crippen LogP contribution in [0.5, 0.6) is 0 Å². The number of amides is 4. The van der Waals surface area contributed by atoms with E-state index in [0.717, 1.165) is 24.0 Å². The number of likely N-dealkylation sites (tertiary alicyclic amines) is 2. The third kappa shape index (κ3) is 9.08. The number of carbonyl (C=O) groups is 4. The van der Waals surface area contributed by atoms with Gasteiger partial charge in [0.05, 0.1) is 0 Å². The van der Waals surface area contributed by atoms with Crippen molar-refractivity contribution >= 4 is 47.5 Å². The molecule has 236 valence electrons. The number of rotatable bonds is 6. The summed E-state index contributed by atoms with van der Waals surface area (Å²) in [5, 5.41) is 5.83. The van der Waals surface area contributed by atoms with Crippen molar-refractivity contribution in [2.45, 2.75) is 90.5 Å².